The van der Waals surface area contributed by atoms with Crippen LogP contribution >= 0.6 is 0 Å². The largest absolute Gasteiger partial charge is 0.442 e. The van der Waals surface area contributed by atoms with Gasteiger partial charge in [0.1, 0.15) is 6.20 Å². The molecule has 0 aromatic carbocycles. The van der Waals surface area contributed by atoms with Gasteiger partial charge in [-0.15, -0.1) is 0 Å². The van der Waals surface area contributed by atoms with Crippen molar-refractivity contribution in [2.75, 3.05) is 13.7 Å². The summed E-state index contributed by atoms with van der Waals surface area (Å²) < 4.78 is 42.8. The summed E-state index contributed by atoms with van der Waals surface area (Å²) in [6.07, 6.45) is -3.62. The van der Waals surface area contributed by atoms with Crippen LogP contribution in [0.1, 0.15) is 12.1 Å². The van der Waals surface area contributed by atoms with Gasteiger partial charge in [0.15, 0.2) is 0 Å². The van der Waals surface area contributed by atoms with Gasteiger partial charge in [0, 0.05) is 20.3 Å². The number of nitro groups is 1. The van der Waals surface area contributed by atoms with Crippen molar-refractivity contribution in [2.45, 2.75) is 19.1 Å². The zero-order valence-electron chi connectivity index (χ0n) is 8.90. The Hall–Kier alpha value is -1.64. The highest BCUT2D eigenvalue weighted by atomic mass is 19.4. The van der Waals surface area contributed by atoms with E-state index in [0.717, 1.165) is 10.9 Å². The maximum atomic E-state index is 12.4. The molecule has 96 valence electrons. The summed E-state index contributed by atoms with van der Waals surface area (Å²) in [5.74, 6) is 0. The predicted octanol–water partition coefficient (Wildman–Crippen LogP) is 1.85. The van der Waals surface area contributed by atoms with E-state index < -0.39 is 22.5 Å². The molecule has 0 spiro atoms. The molecule has 0 saturated carbocycles. The average molecular weight is 253 g/mol. The van der Waals surface area contributed by atoms with E-state index >= 15 is 0 Å². The molecule has 0 unspecified atom stereocenters. The minimum absolute atomic E-state index is 0.130. The van der Waals surface area contributed by atoms with Crippen molar-refractivity contribution in [1.29, 1.82) is 0 Å². The van der Waals surface area contributed by atoms with Gasteiger partial charge in [-0.1, -0.05) is 0 Å². The highest BCUT2D eigenvalue weighted by Crippen LogP contribution is 2.34. The lowest BCUT2D eigenvalue weighted by atomic mass is 10.4. The fourth-order valence-corrected chi connectivity index (χ4v) is 1.23. The molecule has 0 atom stereocenters. The van der Waals surface area contributed by atoms with Gasteiger partial charge in [-0.25, -0.2) is 0 Å². The van der Waals surface area contributed by atoms with Gasteiger partial charge in [-0.05, 0) is 6.42 Å². The second-order valence-electron chi connectivity index (χ2n) is 3.23. The van der Waals surface area contributed by atoms with Crippen LogP contribution in [-0.2, 0) is 17.5 Å². The molecule has 0 aliphatic rings. The van der Waals surface area contributed by atoms with Crippen LogP contribution in [0, 0.1) is 10.1 Å². The van der Waals surface area contributed by atoms with Crippen LogP contribution in [-0.4, -0.2) is 28.4 Å². The Bertz CT molecular complexity index is 402. The molecule has 1 heterocycles. The van der Waals surface area contributed by atoms with Crippen LogP contribution in [0.2, 0.25) is 0 Å². The van der Waals surface area contributed by atoms with Crippen molar-refractivity contribution < 1.29 is 22.8 Å². The SMILES string of the molecule is COCCCn1cc([N+](=O)[O-])c(C(F)(F)F)n1. The summed E-state index contributed by atoms with van der Waals surface area (Å²) in [6.45, 7) is 0.472. The average Bonchev–Trinajstić information content (AvgIpc) is 2.62. The van der Waals surface area contributed by atoms with E-state index in [0.29, 0.717) is 13.0 Å². The monoisotopic (exact) mass is 253 g/mol. The Morgan fingerprint density at radius 1 is 1.59 bits per heavy atom. The van der Waals surface area contributed by atoms with Crippen molar-refractivity contribution in [3.05, 3.63) is 22.0 Å². The van der Waals surface area contributed by atoms with Crippen LogP contribution in [0.4, 0.5) is 18.9 Å². The highest BCUT2D eigenvalue weighted by Gasteiger charge is 2.42. The molecule has 1 aromatic rings. The first-order chi connectivity index (χ1) is 7.86. The summed E-state index contributed by atoms with van der Waals surface area (Å²) >= 11 is 0. The van der Waals surface area contributed by atoms with E-state index in [4.69, 9.17) is 4.74 Å². The fourth-order valence-electron chi connectivity index (χ4n) is 1.23. The molecule has 0 bridgehead atoms. The number of ether oxygens (including phenoxy) is 1. The molecule has 0 N–H and O–H groups in total. The lowest BCUT2D eigenvalue weighted by Crippen LogP contribution is -2.10. The number of hydrogen-bond acceptors (Lipinski definition) is 4. The van der Waals surface area contributed by atoms with Crippen LogP contribution in [0.5, 0.6) is 0 Å². The van der Waals surface area contributed by atoms with Gasteiger partial charge in [0.2, 0.25) is 5.69 Å². The number of aryl methyl sites for hydroxylation is 1. The third-order valence-corrected chi connectivity index (χ3v) is 1.94. The van der Waals surface area contributed by atoms with E-state index in [1.807, 2.05) is 0 Å². The first-order valence-electron chi connectivity index (χ1n) is 4.64. The molecule has 0 aliphatic heterocycles. The van der Waals surface area contributed by atoms with Gasteiger partial charge in [0.05, 0.1) is 4.92 Å². The van der Waals surface area contributed by atoms with Crippen LogP contribution in [0.3, 0.4) is 0 Å². The number of nitrogens with zero attached hydrogens (tertiary/aromatic N) is 3. The van der Waals surface area contributed by atoms with E-state index in [2.05, 4.69) is 5.10 Å². The molecule has 0 aliphatic carbocycles. The lowest BCUT2D eigenvalue weighted by molar-refractivity contribution is -0.388. The number of methoxy groups -OCH3 is 1. The minimum Gasteiger partial charge on any atom is -0.385 e. The summed E-state index contributed by atoms with van der Waals surface area (Å²) in [5, 5.41) is 13.6. The first kappa shape index (κ1) is 13.4. The number of halogens is 3. The molecule has 0 amide bonds. The van der Waals surface area contributed by atoms with Crippen molar-refractivity contribution in [3.63, 3.8) is 0 Å². The van der Waals surface area contributed by atoms with Crippen LogP contribution < -0.4 is 0 Å². The Kier molecular flexibility index (Phi) is 4.05. The maximum absolute atomic E-state index is 12.4. The molecule has 0 saturated heterocycles. The molecule has 1 aromatic heterocycles. The zero-order valence-corrected chi connectivity index (χ0v) is 8.90. The topological polar surface area (TPSA) is 70.2 Å². The Morgan fingerprint density at radius 3 is 2.65 bits per heavy atom. The number of aromatic nitrogens is 2. The Morgan fingerprint density at radius 2 is 2.24 bits per heavy atom. The smallest absolute Gasteiger partial charge is 0.385 e. The quantitative estimate of drug-likeness (QED) is 0.456. The van der Waals surface area contributed by atoms with E-state index in [-0.39, 0.29) is 6.54 Å². The second-order valence-corrected chi connectivity index (χ2v) is 3.23. The maximum Gasteiger partial charge on any atom is 0.442 e. The van der Waals surface area contributed by atoms with Crippen molar-refractivity contribution in [1.82, 2.24) is 9.78 Å². The predicted molar refractivity (Wildman–Crippen MR) is 50.4 cm³/mol. The molecule has 0 fully saturated rings. The third-order valence-electron chi connectivity index (χ3n) is 1.94. The summed E-state index contributed by atoms with van der Waals surface area (Å²) in [6, 6.07) is 0. The molecule has 6 nitrogen and oxygen atoms in total. The highest BCUT2D eigenvalue weighted by molar-refractivity contribution is 5.34. The van der Waals surface area contributed by atoms with Gasteiger partial charge in [0.25, 0.3) is 0 Å². The van der Waals surface area contributed by atoms with Crippen molar-refractivity contribution in [3.8, 4) is 0 Å². The number of alkyl halides is 3. The van der Waals surface area contributed by atoms with Crippen molar-refractivity contribution >= 4 is 5.69 Å². The van der Waals surface area contributed by atoms with E-state index in [1.165, 1.54) is 7.11 Å². The summed E-state index contributed by atoms with van der Waals surface area (Å²) in [4.78, 5) is 9.34. The van der Waals surface area contributed by atoms with Crippen molar-refractivity contribution in [2.24, 2.45) is 0 Å². The second kappa shape index (κ2) is 5.13. The fraction of sp³-hybridized carbons (Fsp3) is 0.625. The van der Waals surface area contributed by atoms with E-state index in [9.17, 15) is 23.3 Å². The van der Waals surface area contributed by atoms with Gasteiger partial charge < -0.3 is 4.74 Å². The minimum atomic E-state index is -4.82. The molecule has 17 heavy (non-hydrogen) atoms. The molecular formula is C8H10F3N3O3. The summed E-state index contributed by atoms with van der Waals surface area (Å²) in [5.41, 5.74) is -2.50. The Balaban J connectivity index is 2.93. The molecule has 0 radical (unpaired) electrons. The molecular weight excluding hydrogens is 243 g/mol. The number of rotatable bonds is 5. The zero-order chi connectivity index (χ0) is 13.1. The van der Waals surface area contributed by atoms with Crippen LogP contribution in [0.15, 0.2) is 6.20 Å². The standard InChI is InChI=1S/C8H10F3N3O3/c1-17-4-2-3-13-5-6(14(15)16)7(12-13)8(9,10)11/h5H,2-4H2,1H3. The molecule has 9 heteroatoms. The summed E-state index contributed by atoms with van der Waals surface area (Å²) in [7, 11) is 1.45. The lowest BCUT2D eigenvalue weighted by Gasteiger charge is -2.01. The van der Waals surface area contributed by atoms with Gasteiger partial charge in [-0.3, -0.25) is 14.8 Å². The van der Waals surface area contributed by atoms with Gasteiger partial charge >= 0.3 is 11.9 Å². The Labute approximate surface area is 94.1 Å². The van der Waals surface area contributed by atoms with Crippen LogP contribution in [0.25, 0.3) is 0 Å². The molecule has 1 rings (SSSR count). The van der Waals surface area contributed by atoms with E-state index in [1.54, 1.807) is 0 Å². The first-order valence-corrected chi connectivity index (χ1v) is 4.64. The van der Waals surface area contributed by atoms with Gasteiger partial charge in [-0.2, -0.15) is 18.3 Å². The third kappa shape index (κ3) is 3.41. The normalized spacial score (nSPS) is 11.8. The number of hydrogen-bond donors (Lipinski definition) is 0.